The number of carbonyl (C=O) groups is 2. The highest BCUT2D eigenvalue weighted by molar-refractivity contribution is 5.96. The molecule has 1 aromatic heterocycles. The maximum atomic E-state index is 12.4. The van der Waals surface area contributed by atoms with Crippen molar-refractivity contribution >= 4 is 17.7 Å². The lowest BCUT2D eigenvalue weighted by molar-refractivity contribution is 0.0696. The van der Waals surface area contributed by atoms with Crippen LogP contribution in [0.15, 0.2) is 41.5 Å². The topological polar surface area (TPSA) is 105 Å². The van der Waals surface area contributed by atoms with Crippen molar-refractivity contribution in [2.24, 2.45) is 0 Å². The van der Waals surface area contributed by atoms with Crippen molar-refractivity contribution in [3.05, 3.63) is 58.1 Å². The largest absolute Gasteiger partial charge is 0.478 e. The molecule has 0 radical (unpaired) electrons. The Morgan fingerprint density at radius 2 is 1.81 bits per heavy atom. The van der Waals surface area contributed by atoms with Crippen molar-refractivity contribution in [1.82, 2.24) is 14.9 Å². The van der Waals surface area contributed by atoms with Gasteiger partial charge in [0.2, 0.25) is 0 Å². The average Bonchev–Trinajstić information content (AvgIpc) is 2.69. The minimum absolute atomic E-state index is 0.00464. The minimum Gasteiger partial charge on any atom is -0.478 e. The van der Waals surface area contributed by atoms with Crippen molar-refractivity contribution in [2.75, 3.05) is 18.0 Å². The summed E-state index contributed by atoms with van der Waals surface area (Å²) in [6.45, 7) is 3.79. The lowest BCUT2D eigenvalue weighted by Gasteiger charge is -2.32. The van der Waals surface area contributed by atoms with Crippen LogP contribution >= 0.6 is 0 Å². The van der Waals surface area contributed by atoms with Gasteiger partial charge in [0.15, 0.2) is 5.82 Å². The highest BCUT2D eigenvalue weighted by Crippen LogP contribution is 2.15. The van der Waals surface area contributed by atoms with Crippen LogP contribution in [-0.2, 0) is 6.54 Å². The fourth-order valence-electron chi connectivity index (χ4n) is 3.17. The van der Waals surface area contributed by atoms with Gasteiger partial charge in [-0.3, -0.25) is 9.59 Å². The van der Waals surface area contributed by atoms with E-state index >= 15 is 0 Å². The molecule has 1 amide bonds. The summed E-state index contributed by atoms with van der Waals surface area (Å²) in [7, 11) is 0. The molecule has 1 saturated heterocycles. The third-order valence-corrected chi connectivity index (χ3v) is 4.76. The highest BCUT2D eigenvalue weighted by atomic mass is 16.4. The van der Waals surface area contributed by atoms with Crippen LogP contribution in [0.2, 0.25) is 0 Å². The third-order valence-electron chi connectivity index (χ3n) is 4.76. The van der Waals surface area contributed by atoms with Gasteiger partial charge in [-0.1, -0.05) is 0 Å². The van der Waals surface area contributed by atoms with Crippen LogP contribution in [0.5, 0.6) is 0 Å². The molecule has 0 atom stereocenters. The maximum Gasteiger partial charge on any atom is 0.335 e. The van der Waals surface area contributed by atoms with Crippen molar-refractivity contribution in [3.63, 3.8) is 0 Å². The smallest absolute Gasteiger partial charge is 0.335 e. The number of hydrogen-bond donors (Lipinski definition) is 2. The van der Waals surface area contributed by atoms with E-state index in [0.717, 1.165) is 0 Å². The predicted octanol–water partition coefficient (Wildman–Crippen LogP) is 1.36. The number of rotatable bonds is 5. The van der Waals surface area contributed by atoms with Gasteiger partial charge in [0, 0.05) is 43.6 Å². The Labute approximate surface area is 156 Å². The number of carboxylic acid groups (broad SMARTS) is 1. The van der Waals surface area contributed by atoms with Gasteiger partial charge in [-0.15, -0.1) is 0 Å². The van der Waals surface area contributed by atoms with Crippen LogP contribution in [0.25, 0.3) is 0 Å². The summed E-state index contributed by atoms with van der Waals surface area (Å²) in [4.78, 5) is 41.8. The molecule has 8 nitrogen and oxygen atoms in total. The van der Waals surface area contributed by atoms with E-state index in [1.54, 1.807) is 17.0 Å². The fraction of sp³-hybridized carbons (Fsp3) is 0.368. The first-order valence-corrected chi connectivity index (χ1v) is 8.94. The van der Waals surface area contributed by atoms with E-state index in [4.69, 9.17) is 5.11 Å². The molecule has 0 aliphatic carbocycles. The summed E-state index contributed by atoms with van der Waals surface area (Å²) in [5, 5.41) is 11.9. The summed E-state index contributed by atoms with van der Waals surface area (Å²) >= 11 is 0. The van der Waals surface area contributed by atoms with Crippen molar-refractivity contribution in [3.8, 4) is 0 Å². The number of benzene rings is 1. The molecule has 1 aliphatic rings. The first kappa shape index (κ1) is 18.6. The molecule has 1 fully saturated rings. The maximum absolute atomic E-state index is 12.4. The first-order valence-electron chi connectivity index (χ1n) is 8.94. The first-order chi connectivity index (χ1) is 13.0. The van der Waals surface area contributed by atoms with E-state index in [1.165, 1.54) is 24.3 Å². The molecule has 1 aromatic carbocycles. The lowest BCUT2D eigenvalue weighted by Crippen LogP contribution is -2.46. The van der Waals surface area contributed by atoms with Crippen LogP contribution in [0.4, 0.5) is 5.82 Å². The average molecular weight is 370 g/mol. The molecular weight excluding hydrogens is 348 g/mol. The Morgan fingerprint density at radius 1 is 1.19 bits per heavy atom. The number of aromatic nitrogens is 2. The van der Waals surface area contributed by atoms with Gasteiger partial charge in [-0.05, 0) is 44.0 Å². The van der Waals surface area contributed by atoms with Gasteiger partial charge in [0.05, 0.1) is 5.56 Å². The van der Waals surface area contributed by atoms with E-state index < -0.39 is 5.97 Å². The number of amides is 1. The van der Waals surface area contributed by atoms with Crippen LogP contribution in [0.3, 0.4) is 0 Å². The highest BCUT2D eigenvalue weighted by Gasteiger charge is 2.23. The second-order valence-corrected chi connectivity index (χ2v) is 6.46. The van der Waals surface area contributed by atoms with Gasteiger partial charge in [-0.25, -0.2) is 9.78 Å². The number of nitrogens with zero attached hydrogens (tertiary/aromatic N) is 3. The molecule has 142 valence electrons. The zero-order valence-corrected chi connectivity index (χ0v) is 15.1. The Morgan fingerprint density at radius 3 is 2.41 bits per heavy atom. The van der Waals surface area contributed by atoms with Gasteiger partial charge in [0.25, 0.3) is 11.5 Å². The number of carboxylic acids is 1. The molecule has 0 unspecified atom stereocenters. The van der Waals surface area contributed by atoms with Gasteiger partial charge in [-0.2, -0.15) is 0 Å². The van der Waals surface area contributed by atoms with E-state index in [-0.39, 0.29) is 23.1 Å². The van der Waals surface area contributed by atoms with Gasteiger partial charge in [0.1, 0.15) is 0 Å². The molecule has 0 saturated carbocycles. The zero-order valence-electron chi connectivity index (χ0n) is 15.1. The summed E-state index contributed by atoms with van der Waals surface area (Å²) in [5.41, 5.74) is 0.479. The van der Waals surface area contributed by atoms with E-state index in [2.05, 4.69) is 10.3 Å². The van der Waals surface area contributed by atoms with Crippen molar-refractivity contribution < 1.29 is 14.7 Å². The number of nitrogens with one attached hydrogen (secondary N) is 1. The number of hydrogen-bond acceptors (Lipinski definition) is 5. The SMILES string of the molecule is CCn1ccnc(N2CCC(NC(=O)c3ccc(C(=O)O)cc3)CC2)c1=O. The summed E-state index contributed by atoms with van der Waals surface area (Å²) in [6, 6.07) is 5.86. The molecule has 0 bridgehead atoms. The predicted molar refractivity (Wildman–Crippen MR) is 100 cm³/mol. The number of aromatic carboxylic acids is 1. The number of piperidine rings is 1. The molecule has 3 rings (SSSR count). The second kappa shape index (κ2) is 8.03. The summed E-state index contributed by atoms with van der Waals surface area (Å²) in [5.74, 6) is -0.795. The minimum atomic E-state index is -1.02. The van der Waals surface area contributed by atoms with Crippen molar-refractivity contribution in [1.29, 1.82) is 0 Å². The second-order valence-electron chi connectivity index (χ2n) is 6.46. The van der Waals surface area contributed by atoms with E-state index in [9.17, 15) is 14.4 Å². The monoisotopic (exact) mass is 370 g/mol. The van der Waals surface area contributed by atoms with Gasteiger partial charge >= 0.3 is 5.97 Å². The molecule has 27 heavy (non-hydrogen) atoms. The quantitative estimate of drug-likeness (QED) is 0.823. The molecule has 2 heterocycles. The Hall–Kier alpha value is -3.16. The Kier molecular flexibility index (Phi) is 5.54. The normalized spacial score (nSPS) is 14.8. The third kappa shape index (κ3) is 4.16. The molecular formula is C19H22N4O4. The number of aryl methyl sites for hydroxylation is 1. The Balaban J connectivity index is 1.59. The summed E-state index contributed by atoms with van der Waals surface area (Å²) < 4.78 is 1.62. The fourth-order valence-corrected chi connectivity index (χ4v) is 3.17. The van der Waals surface area contributed by atoms with Crippen LogP contribution < -0.4 is 15.8 Å². The molecule has 2 N–H and O–H groups in total. The van der Waals surface area contributed by atoms with E-state index in [1.807, 2.05) is 11.8 Å². The van der Waals surface area contributed by atoms with E-state index in [0.29, 0.717) is 43.9 Å². The Bertz CT molecular complexity index is 883. The van der Waals surface area contributed by atoms with Gasteiger partial charge < -0.3 is 19.9 Å². The van der Waals surface area contributed by atoms with Crippen LogP contribution in [0, 0.1) is 0 Å². The standard InChI is InChI=1S/C19H22N4O4/c1-2-22-12-9-20-16(18(22)25)23-10-7-15(8-11-23)21-17(24)13-3-5-14(6-4-13)19(26)27/h3-6,9,12,15H,2,7-8,10-11H2,1H3,(H,21,24)(H,26,27). The number of carbonyl (C=O) groups excluding carboxylic acids is 1. The zero-order chi connectivity index (χ0) is 19.4. The van der Waals surface area contributed by atoms with Crippen LogP contribution in [0.1, 0.15) is 40.5 Å². The van der Waals surface area contributed by atoms with Crippen LogP contribution in [-0.4, -0.2) is 45.7 Å². The molecule has 1 aliphatic heterocycles. The van der Waals surface area contributed by atoms with Crippen molar-refractivity contribution in [2.45, 2.75) is 32.4 Å². The lowest BCUT2D eigenvalue weighted by atomic mass is 10.0. The molecule has 8 heteroatoms. The molecule has 2 aromatic rings. The summed E-state index contributed by atoms with van der Waals surface area (Å²) in [6.07, 6.45) is 4.73. The number of anilines is 1. The molecule has 0 spiro atoms.